The van der Waals surface area contributed by atoms with Crippen molar-refractivity contribution in [1.82, 2.24) is 20.0 Å². The Morgan fingerprint density at radius 1 is 1.10 bits per heavy atom. The molecule has 29 heavy (non-hydrogen) atoms. The van der Waals surface area contributed by atoms with Crippen LogP contribution in [0.15, 0.2) is 47.1 Å². The molecule has 8 nitrogen and oxygen atoms in total. The third-order valence-corrected chi connectivity index (χ3v) is 5.68. The van der Waals surface area contributed by atoms with Gasteiger partial charge in [-0.2, -0.15) is 0 Å². The van der Waals surface area contributed by atoms with Crippen molar-refractivity contribution in [3.05, 3.63) is 54.0 Å². The lowest BCUT2D eigenvalue weighted by Crippen LogP contribution is -2.50. The summed E-state index contributed by atoms with van der Waals surface area (Å²) >= 11 is 1.36. The van der Waals surface area contributed by atoms with Crippen LogP contribution in [-0.2, 0) is 4.79 Å². The number of anilines is 1. The SMILES string of the molecule is Cc1ccccc1-c1nnc(NC(=O)CN2CCN(C(=O)c3ccco3)CC2)s1. The molecule has 1 saturated heterocycles. The molecule has 1 aliphatic heterocycles. The minimum absolute atomic E-state index is 0.114. The number of amides is 2. The van der Waals surface area contributed by atoms with Gasteiger partial charge in [0.25, 0.3) is 5.91 Å². The fraction of sp³-hybridized carbons (Fsp3) is 0.300. The summed E-state index contributed by atoms with van der Waals surface area (Å²) in [5.74, 6) is 0.0944. The molecule has 2 amide bonds. The van der Waals surface area contributed by atoms with E-state index in [0.29, 0.717) is 37.1 Å². The number of furan rings is 1. The van der Waals surface area contributed by atoms with Gasteiger partial charge in [0.2, 0.25) is 11.0 Å². The average molecular weight is 411 g/mol. The molecule has 0 spiro atoms. The average Bonchev–Trinajstić information content (AvgIpc) is 3.41. The first-order chi connectivity index (χ1) is 14.1. The van der Waals surface area contributed by atoms with Crippen LogP contribution in [0, 0.1) is 6.92 Å². The van der Waals surface area contributed by atoms with Gasteiger partial charge in [-0.3, -0.25) is 19.8 Å². The second kappa shape index (κ2) is 8.54. The molecular formula is C20H21N5O3S. The smallest absolute Gasteiger partial charge is 0.289 e. The van der Waals surface area contributed by atoms with Crippen molar-refractivity contribution in [3.8, 4) is 10.6 Å². The molecule has 0 radical (unpaired) electrons. The molecular weight excluding hydrogens is 390 g/mol. The van der Waals surface area contributed by atoms with Crippen LogP contribution in [0.25, 0.3) is 10.6 Å². The van der Waals surface area contributed by atoms with E-state index in [-0.39, 0.29) is 18.4 Å². The van der Waals surface area contributed by atoms with E-state index in [1.807, 2.05) is 36.1 Å². The molecule has 0 unspecified atom stereocenters. The Morgan fingerprint density at radius 2 is 1.90 bits per heavy atom. The molecule has 3 heterocycles. The van der Waals surface area contributed by atoms with Gasteiger partial charge in [-0.25, -0.2) is 0 Å². The van der Waals surface area contributed by atoms with E-state index in [4.69, 9.17) is 4.42 Å². The third-order valence-electron chi connectivity index (χ3n) is 4.81. The zero-order chi connectivity index (χ0) is 20.2. The number of aryl methyl sites for hydroxylation is 1. The Bertz CT molecular complexity index is 993. The van der Waals surface area contributed by atoms with E-state index in [0.717, 1.165) is 16.1 Å². The van der Waals surface area contributed by atoms with Gasteiger partial charge < -0.3 is 9.32 Å². The lowest BCUT2D eigenvalue weighted by Gasteiger charge is -2.33. The largest absolute Gasteiger partial charge is 0.459 e. The normalized spacial score (nSPS) is 14.7. The van der Waals surface area contributed by atoms with Gasteiger partial charge in [-0.05, 0) is 24.6 Å². The monoisotopic (exact) mass is 411 g/mol. The molecule has 0 bridgehead atoms. The van der Waals surface area contributed by atoms with Gasteiger partial charge in [-0.1, -0.05) is 35.6 Å². The predicted octanol–water partition coefficient (Wildman–Crippen LogP) is 2.50. The van der Waals surface area contributed by atoms with E-state index >= 15 is 0 Å². The fourth-order valence-electron chi connectivity index (χ4n) is 3.22. The van der Waals surface area contributed by atoms with Gasteiger partial charge in [0.05, 0.1) is 12.8 Å². The number of benzene rings is 1. The summed E-state index contributed by atoms with van der Waals surface area (Å²) in [7, 11) is 0. The molecule has 1 aromatic carbocycles. The third kappa shape index (κ3) is 4.52. The summed E-state index contributed by atoms with van der Waals surface area (Å²) in [5, 5.41) is 12.4. The summed E-state index contributed by atoms with van der Waals surface area (Å²) < 4.78 is 5.17. The van der Waals surface area contributed by atoms with Crippen LogP contribution in [0.1, 0.15) is 16.1 Å². The quantitative estimate of drug-likeness (QED) is 0.694. The Morgan fingerprint density at radius 3 is 2.62 bits per heavy atom. The second-order valence-electron chi connectivity index (χ2n) is 6.82. The predicted molar refractivity (Wildman–Crippen MR) is 110 cm³/mol. The number of carbonyl (C=O) groups excluding carboxylic acids is 2. The van der Waals surface area contributed by atoms with Crippen LogP contribution in [0.4, 0.5) is 5.13 Å². The number of piperazine rings is 1. The van der Waals surface area contributed by atoms with Crippen molar-refractivity contribution in [2.75, 3.05) is 38.0 Å². The maximum Gasteiger partial charge on any atom is 0.289 e. The Hall–Kier alpha value is -3.04. The highest BCUT2D eigenvalue weighted by Crippen LogP contribution is 2.28. The first-order valence-electron chi connectivity index (χ1n) is 9.34. The zero-order valence-electron chi connectivity index (χ0n) is 16.0. The number of nitrogens with zero attached hydrogens (tertiary/aromatic N) is 4. The minimum Gasteiger partial charge on any atom is -0.459 e. The number of rotatable bonds is 5. The highest BCUT2D eigenvalue weighted by Gasteiger charge is 2.24. The van der Waals surface area contributed by atoms with E-state index in [1.54, 1.807) is 17.0 Å². The Labute approximate surface area is 172 Å². The molecule has 1 aliphatic rings. The number of carbonyl (C=O) groups is 2. The van der Waals surface area contributed by atoms with Crippen molar-refractivity contribution < 1.29 is 14.0 Å². The van der Waals surface area contributed by atoms with Crippen LogP contribution in [0.3, 0.4) is 0 Å². The first kappa shape index (κ1) is 19.3. The molecule has 2 aromatic heterocycles. The zero-order valence-corrected chi connectivity index (χ0v) is 16.8. The van der Waals surface area contributed by atoms with Crippen molar-refractivity contribution in [1.29, 1.82) is 0 Å². The fourth-order valence-corrected chi connectivity index (χ4v) is 4.07. The minimum atomic E-state index is -0.136. The summed E-state index contributed by atoms with van der Waals surface area (Å²) in [6.45, 7) is 4.65. The number of hydrogen-bond donors (Lipinski definition) is 1. The molecule has 0 saturated carbocycles. The van der Waals surface area contributed by atoms with Crippen LogP contribution >= 0.6 is 11.3 Å². The van der Waals surface area contributed by atoms with Gasteiger partial charge >= 0.3 is 0 Å². The number of aromatic nitrogens is 2. The Kier molecular flexibility index (Phi) is 5.68. The summed E-state index contributed by atoms with van der Waals surface area (Å²) in [4.78, 5) is 28.4. The molecule has 3 aromatic rings. The molecule has 4 rings (SSSR count). The molecule has 1 fully saturated rings. The number of hydrogen-bond acceptors (Lipinski definition) is 7. The lowest BCUT2D eigenvalue weighted by atomic mass is 10.1. The summed E-state index contributed by atoms with van der Waals surface area (Å²) in [6.07, 6.45) is 1.49. The van der Waals surface area contributed by atoms with Gasteiger partial charge in [0.15, 0.2) is 5.76 Å². The van der Waals surface area contributed by atoms with E-state index < -0.39 is 0 Å². The molecule has 150 valence electrons. The maximum absolute atomic E-state index is 12.4. The van der Waals surface area contributed by atoms with Crippen LogP contribution < -0.4 is 5.32 Å². The van der Waals surface area contributed by atoms with Crippen LogP contribution in [0.2, 0.25) is 0 Å². The molecule has 9 heteroatoms. The molecule has 0 atom stereocenters. The summed E-state index contributed by atoms with van der Waals surface area (Å²) in [5.41, 5.74) is 2.13. The van der Waals surface area contributed by atoms with Crippen molar-refractivity contribution in [3.63, 3.8) is 0 Å². The highest BCUT2D eigenvalue weighted by atomic mass is 32.1. The van der Waals surface area contributed by atoms with E-state index in [2.05, 4.69) is 15.5 Å². The molecule has 1 N–H and O–H groups in total. The Balaban J connectivity index is 1.28. The van der Waals surface area contributed by atoms with Crippen molar-refractivity contribution in [2.45, 2.75) is 6.92 Å². The number of nitrogens with one attached hydrogen (secondary N) is 1. The maximum atomic E-state index is 12.4. The van der Waals surface area contributed by atoms with E-state index in [1.165, 1.54) is 17.6 Å². The topological polar surface area (TPSA) is 91.6 Å². The molecule has 0 aliphatic carbocycles. The first-order valence-corrected chi connectivity index (χ1v) is 10.2. The lowest BCUT2D eigenvalue weighted by molar-refractivity contribution is -0.117. The van der Waals surface area contributed by atoms with Gasteiger partial charge in [-0.15, -0.1) is 10.2 Å². The van der Waals surface area contributed by atoms with Gasteiger partial charge in [0.1, 0.15) is 5.01 Å². The van der Waals surface area contributed by atoms with Crippen molar-refractivity contribution >= 4 is 28.3 Å². The van der Waals surface area contributed by atoms with Gasteiger partial charge in [0, 0.05) is 31.7 Å². The highest BCUT2D eigenvalue weighted by molar-refractivity contribution is 7.18. The van der Waals surface area contributed by atoms with Crippen molar-refractivity contribution in [2.24, 2.45) is 0 Å². The summed E-state index contributed by atoms with van der Waals surface area (Å²) in [6, 6.07) is 11.3. The standard InChI is InChI=1S/C20H21N5O3S/c1-14-5-2-3-6-15(14)18-22-23-20(29-18)21-17(26)13-24-8-10-25(11-9-24)19(27)16-7-4-12-28-16/h2-7,12H,8-11,13H2,1H3,(H,21,23,26). The second-order valence-corrected chi connectivity index (χ2v) is 7.80. The van der Waals surface area contributed by atoms with Crippen LogP contribution in [0.5, 0.6) is 0 Å². The van der Waals surface area contributed by atoms with E-state index in [9.17, 15) is 9.59 Å². The van der Waals surface area contributed by atoms with Crippen LogP contribution in [-0.4, -0.2) is 64.5 Å².